The summed E-state index contributed by atoms with van der Waals surface area (Å²) in [6.45, 7) is 3.63. The lowest BCUT2D eigenvalue weighted by Gasteiger charge is -1.98. The maximum Gasteiger partial charge on any atom is 0.0725 e. The minimum absolute atomic E-state index is 0.789. The van der Waals surface area contributed by atoms with Gasteiger partial charge in [0.15, 0.2) is 0 Å². The third-order valence-electron chi connectivity index (χ3n) is 2.08. The Balaban J connectivity index is 2.41. The van der Waals surface area contributed by atoms with Crippen molar-refractivity contribution < 1.29 is 4.74 Å². The molecule has 0 unspecified atom stereocenters. The van der Waals surface area contributed by atoms with Crippen molar-refractivity contribution in [2.45, 2.75) is 20.1 Å². The highest BCUT2D eigenvalue weighted by atomic mass is 16.5. The maximum atomic E-state index is 5.30. The van der Waals surface area contributed by atoms with Gasteiger partial charge in [0.1, 0.15) is 0 Å². The summed E-state index contributed by atoms with van der Waals surface area (Å²) in [5, 5.41) is 0. The van der Waals surface area contributed by atoms with Gasteiger partial charge >= 0.3 is 0 Å². The van der Waals surface area contributed by atoms with Gasteiger partial charge in [-0.25, -0.2) is 0 Å². The summed E-state index contributed by atoms with van der Waals surface area (Å²) in [5.41, 5.74) is 3.98. The molecule has 1 aromatic rings. The first-order chi connectivity index (χ1) is 5.40. The van der Waals surface area contributed by atoms with Crippen molar-refractivity contribution in [3.8, 4) is 0 Å². The monoisotopic (exact) mass is 147 g/mol. The van der Waals surface area contributed by atoms with E-state index in [0.717, 1.165) is 13.2 Å². The van der Waals surface area contributed by atoms with Crippen LogP contribution in [0.25, 0.3) is 0 Å². The maximum absolute atomic E-state index is 5.30. The highest BCUT2D eigenvalue weighted by molar-refractivity contribution is 5.35. The Morgan fingerprint density at radius 3 is 2.91 bits per heavy atom. The van der Waals surface area contributed by atoms with Crippen LogP contribution in [-0.2, 0) is 18.0 Å². The Morgan fingerprint density at radius 1 is 1.27 bits per heavy atom. The van der Waals surface area contributed by atoms with Gasteiger partial charge in [-0.1, -0.05) is 25.1 Å². The number of hydrogen-bond donors (Lipinski definition) is 0. The van der Waals surface area contributed by atoms with Crippen molar-refractivity contribution in [3.63, 3.8) is 0 Å². The minimum atomic E-state index is 0.789. The third kappa shape index (κ3) is 1.16. The van der Waals surface area contributed by atoms with E-state index in [1.807, 2.05) is 0 Å². The standard InChI is InChI=1S/C10H11O/c1-2-8-3-4-9-6-11-7-10(9)5-8/h2-5H,6-7H2,1H3. The number of benzene rings is 1. The van der Waals surface area contributed by atoms with Crippen LogP contribution >= 0.6 is 0 Å². The van der Waals surface area contributed by atoms with E-state index in [-0.39, 0.29) is 0 Å². The second-order valence-electron chi connectivity index (χ2n) is 2.81. The molecule has 1 heterocycles. The second kappa shape index (κ2) is 2.67. The van der Waals surface area contributed by atoms with Crippen molar-refractivity contribution in [2.24, 2.45) is 0 Å². The predicted molar refractivity (Wildman–Crippen MR) is 44.0 cm³/mol. The zero-order chi connectivity index (χ0) is 7.68. The fourth-order valence-corrected chi connectivity index (χ4v) is 1.37. The van der Waals surface area contributed by atoms with Crippen molar-refractivity contribution in [3.05, 3.63) is 41.3 Å². The van der Waals surface area contributed by atoms with E-state index in [1.165, 1.54) is 16.7 Å². The predicted octanol–water partition coefficient (Wildman–Crippen LogP) is 2.29. The van der Waals surface area contributed by atoms with E-state index in [4.69, 9.17) is 4.74 Å². The van der Waals surface area contributed by atoms with Crippen LogP contribution in [0.3, 0.4) is 0 Å². The Morgan fingerprint density at radius 2 is 2.09 bits per heavy atom. The number of fused-ring (bicyclic) bond motifs is 1. The molecule has 1 aliphatic heterocycles. The van der Waals surface area contributed by atoms with Crippen LogP contribution in [0.15, 0.2) is 18.2 Å². The first-order valence-electron chi connectivity index (χ1n) is 3.89. The molecule has 0 spiro atoms. The van der Waals surface area contributed by atoms with Crippen molar-refractivity contribution >= 4 is 0 Å². The smallest absolute Gasteiger partial charge is 0.0725 e. The summed E-state index contributed by atoms with van der Waals surface area (Å²) in [6.07, 6.45) is 2.11. The zero-order valence-electron chi connectivity index (χ0n) is 6.63. The fourth-order valence-electron chi connectivity index (χ4n) is 1.37. The van der Waals surface area contributed by atoms with E-state index in [0.29, 0.717) is 0 Å². The molecule has 1 radical (unpaired) electrons. The van der Waals surface area contributed by atoms with E-state index in [1.54, 1.807) is 0 Å². The largest absolute Gasteiger partial charge is 0.372 e. The molecule has 0 N–H and O–H groups in total. The van der Waals surface area contributed by atoms with Gasteiger partial charge in [-0.15, -0.1) is 0 Å². The molecule has 0 atom stereocenters. The summed E-state index contributed by atoms with van der Waals surface area (Å²) in [7, 11) is 0. The molecular formula is C10H11O. The Kier molecular flexibility index (Phi) is 1.66. The van der Waals surface area contributed by atoms with E-state index < -0.39 is 0 Å². The van der Waals surface area contributed by atoms with E-state index in [2.05, 4.69) is 31.5 Å². The van der Waals surface area contributed by atoms with Gasteiger partial charge in [0.25, 0.3) is 0 Å². The van der Waals surface area contributed by atoms with Crippen LogP contribution in [0.2, 0.25) is 0 Å². The van der Waals surface area contributed by atoms with Crippen LogP contribution in [0, 0.1) is 6.42 Å². The van der Waals surface area contributed by atoms with Gasteiger partial charge in [0.2, 0.25) is 0 Å². The van der Waals surface area contributed by atoms with Crippen LogP contribution in [-0.4, -0.2) is 0 Å². The second-order valence-corrected chi connectivity index (χ2v) is 2.81. The average molecular weight is 147 g/mol. The first kappa shape index (κ1) is 6.86. The Hall–Kier alpha value is -0.820. The van der Waals surface area contributed by atoms with E-state index >= 15 is 0 Å². The molecule has 0 aliphatic carbocycles. The molecule has 2 rings (SSSR count). The molecule has 1 nitrogen and oxygen atoms in total. The molecule has 57 valence electrons. The van der Waals surface area contributed by atoms with Gasteiger partial charge in [0.05, 0.1) is 13.2 Å². The summed E-state index contributed by atoms with van der Waals surface area (Å²) in [5.74, 6) is 0. The lowest BCUT2D eigenvalue weighted by Crippen LogP contribution is -1.84. The normalized spacial score (nSPS) is 15.0. The third-order valence-corrected chi connectivity index (χ3v) is 2.08. The Labute approximate surface area is 67.0 Å². The molecule has 0 bridgehead atoms. The quantitative estimate of drug-likeness (QED) is 0.592. The van der Waals surface area contributed by atoms with Gasteiger partial charge < -0.3 is 4.74 Å². The number of ether oxygens (including phenoxy) is 1. The molecule has 0 amide bonds. The van der Waals surface area contributed by atoms with Crippen molar-refractivity contribution in [1.29, 1.82) is 0 Å². The fraction of sp³-hybridized carbons (Fsp3) is 0.300. The lowest BCUT2D eigenvalue weighted by atomic mass is 10.1. The molecule has 0 saturated heterocycles. The van der Waals surface area contributed by atoms with Crippen LogP contribution < -0.4 is 0 Å². The van der Waals surface area contributed by atoms with Crippen LogP contribution in [0.5, 0.6) is 0 Å². The Bertz CT molecular complexity index is 266. The molecule has 0 fully saturated rings. The lowest BCUT2D eigenvalue weighted by molar-refractivity contribution is 0.134. The summed E-state index contributed by atoms with van der Waals surface area (Å²) in [6, 6.07) is 6.48. The molecule has 0 aromatic heterocycles. The molecule has 0 saturated carbocycles. The first-order valence-corrected chi connectivity index (χ1v) is 3.89. The summed E-state index contributed by atoms with van der Waals surface area (Å²) >= 11 is 0. The van der Waals surface area contributed by atoms with Crippen molar-refractivity contribution in [2.75, 3.05) is 0 Å². The minimum Gasteiger partial charge on any atom is -0.372 e. The molecule has 1 aromatic carbocycles. The van der Waals surface area contributed by atoms with Crippen molar-refractivity contribution in [1.82, 2.24) is 0 Å². The van der Waals surface area contributed by atoms with Gasteiger partial charge in [-0.3, -0.25) is 0 Å². The molecule has 1 aliphatic rings. The molecular weight excluding hydrogens is 136 g/mol. The molecule has 11 heavy (non-hydrogen) atoms. The summed E-state index contributed by atoms with van der Waals surface area (Å²) < 4.78 is 5.30. The zero-order valence-corrected chi connectivity index (χ0v) is 6.63. The number of rotatable bonds is 1. The van der Waals surface area contributed by atoms with Gasteiger partial charge in [-0.2, -0.15) is 0 Å². The average Bonchev–Trinajstić information content (AvgIpc) is 2.50. The van der Waals surface area contributed by atoms with Crippen LogP contribution in [0.4, 0.5) is 0 Å². The highest BCUT2D eigenvalue weighted by Gasteiger charge is 2.09. The molecule has 1 heteroatoms. The van der Waals surface area contributed by atoms with Gasteiger partial charge in [0, 0.05) is 0 Å². The SMILES string of the molecule is C[CH]c1ccc2c(c1)COC2. The topological polar surface area (TPSA) is 9.23 Å². The summed E-state index contributed by atoms with van der Waals surface area (Å²) in [4.78, 5) is 0. The van der Waals surface area contributed by atoms with Crippen LogP contribution in [0.1, 0.15) is 23.6 Å². The van der Waals surface area contributed by atoms with E-state index in [9.17, 15) is 0 Å². The highest BCUT2D eigenvalue weighted by Crippen LogP contribution is 2.21. The van der Waals surface area contributed by atoms with Gasteiger partial charge in [-0.05, 0) is 23.1 Å². The number of hydrogen-bond acceptors (Lipinski definition) is 1.